The number of nitrogens with two attached hydrogens (primary N) is 1. The van der Waals surface area contributed by atoms with E-state index in [1.807, 2.05) is 0 Å². The smallest absolute Gasteiger partial charge is 0.321 e. The standard InChI is InChI=1S/C14H19NO4S/c1-14(2,3)19-13(18)10(11(15)12(16)17)8-4-6-9(20)7-5-8/h4-7,10-11,20H,15H2,1-3H3,(H,16,17). The highest BCUT2D eigenvalue weighted by molar-refractivity contribution is 7.80. The molecule has 0 saturated carbocycles. The summed E-state index contributed by atoms with van der Waals surface area (Å²) in [5, 5.41) is 9.07. The van der Waals surface area contributed by atoms with Crippen LogP contribution in [0.5, 0.6) is 0 Å². The van der Waals surface area contributed by atoms with Crippen LogP contribution in [-0.2, 0) is 14.3 Å². The first-order valence-corrected chi connectivity index (χ1v) is 6.56. The zero-order chi connectivity index (χ0) is 15.5. The molecule has 2 unspecified atom stereocenters. The van der Waals surface area contributed by atoms with Crippen molar-refractivity contribution in [2.75, 3.05) is 0 Å². The number of thiol groups is 1. The van der Waals surface area contributed by atoms with Crippen LogP contribution in [0.3, 0.4) is 0 Å². The number of carboxylic acid groups (broad SMARTS) is 1. The molecule has 110 valence electrons. The van der Waals surface area contributed by atoms with Gasteiger partial charge in [-0.2, -0.15) is 0 Å². The van der Waals surface area contributed by atoms with Crippen molar-refractivity contribution < 1.29 is 19.4 Å². The summed E-state index contributed by atoms with van der Waals surface area (Å²) >= 11 is 4.15. The van der Waals surface area contributed by atoms with Gasteiger partial charge in [0.15, 0.2) is 0 Å². The maximum absolute atomic E-state index is 12.2. The third-order valence-electron chi connectivity index (χ3n) is 2.56. The molecule has 0 spiro atoms. The lowest BCUT2D eigenvalue weighted by atomic mass is 9.91. The van der Waals surface area contributed by atoms with Crippen LogP contribution in [0.15, 0.2) is 29.2 Å². The van der Waals surface area contributed by atoms with Gasteiger partial charge in [-0.05, 0) is 38.5 Å². The van der Waals surface area contributed by atoms with E-state index in [-0.39, 0.29) is 0 Å². The molecule has 0 aliphatic heterocycles. The molecule has 0 aliphatic rings. The molecule has 20 heavy (non-hydrogen) atoms. The summed E-state index contributed by atoms with van der Waals surface area (Å²) in [6.45, 7) is 5.14. The molecule has 0 bridgehead atoms. The molecule has 2 atom stereocenters. The number of carbonyl (C=O) groups excluding carboxylic acids is 1. The van der Waals surface area contributed by atoms with Gasteiger partial charge in [0, 0.05) is 4.90 Å². The van der Waals surface area contributed by atoms with Crippen molar-refractivity contribution >= 4 is 24.6 Å². The molecule has 1 aromatic carbocycles. The monoisotopic (exact) mass is 297 g/mol. The van der Waals surface area contributed by atoms with Crippen LogP contribution in [-0.4, -0.2) is 28.7 Å². The molecule has 3 N–H and O–H groups in total. The number of carboxylic acids is 1. The van der Waals surface area contributed by atoms with Gasteiger partial charge in [0.2, 0.25) is 0 Å². The summed E-state index contributed by atoms with van der Waals surface area (Å²) < 4.78 is 5.25. The number of benzene rings is 1. The summed E-state index contributed by atoms with van der Waals surface area (Å²) in [6.07, 6.45) is 0. The van der Waals surface area contributed by atoms with Gasteiger partial charge in [0.1, 0.15) is 17.6 Å². The molecule has 0 aromatic heterocycles. The largest absolute Gasteiger partial charge is 0.480 e. The van der Waals surface area contributed by atoms with Crippen LogP contribution in [0.4, 0.5) is 0 Å². The van der Waals surface area contributed by atoms with Crippen molar-refractivity contribution in [3.8, 4) is 0 Å². The molecule has 0 aliphatic carbocycles. The van der Waals surface area contributed by atoms with E-state index in [9.17, 15) is 9.59 Å². The van der Waals surface area contributed by atoms with E-state index < -0.39 is 29.5 Å². The van der Waals surface area contributed by atoms with E-state index in [1.165, 1.54) is 0 Å². The first kappa shape index (κ1) is 16.5. The van der Waals surface area contributed by atoms with Crippen molar-refractivity contribution in [3.63, 3.8) is 0 Å². The van der Waals surface area contributed by atoms with Crippen LogP contribution < -0.4 is 5.73 Å². The van der Waals surface area contributed by atoms with Crippen molar-refractivity contribution in [1.29, 1.82) is 0 Å². The Hall–Kier alpha value is -1.53. The SMILES string of the molecule is CC(C)(C)OC(=O)C(c1ccc(S)cc1)C(N)C(=O)O. The zero-order valence-electron chi connectivity index (χ0n) is 11.7. The predicted molar refractivity (Wildman–Crippen MR) is 77.9 cm³/mol. The number of ether oxygens (including phenoxy) is 1. The minimum absolute atomic E-state index is 0.493. The highest BCUT2D eigenvalue weighted by atomic mass is 32.1. The van der Waals surface area contributed by atoms with Gasteiger partial charge in [0.05, 0.1) is 0 Å². The van der Waals surface area contributed by atoms with Crippen LogP contribution >= 0.6 is 12.6 Å². The van der Waals surface area contributed by atoms with E-state index in [2.05, 4.69) is 12.6 Å². The first-order valence-electron chi connectivity index (χ1n) is 6.12. The normalized spacial score (nSPS) is 14.4. The molecule has 1 rings (SSSR count). The number of hydrogen-bond donors (Lipinski definition) is 3. The topological polar surface area (TPSA) is 89.6 Å². The molecule has 0 radical (unpaired) electrons. The van der Waals surface area contributed by atoms with E-state index in [0.29, 0.717) is 10.5 Å². The molecule has 0 saturated heterocycles. The maximum Gasteiger partial charge on any atom is 0.321 e. The van der Waals surface area contributed by atoms with Crippen LogP contribution in [0.25, 0.3) is 0 Å². The van der Waals surface area contributed by atoms with E-state index in [4.69, 9.17) is 15.6 Å². The van der Waals surface area contributed by atoms with Gasteiger partial charge in [-0.3, -0.25) is 9.59 Å². The number of aliphatic carboxylic acids is 1. The van der Waals surface area contributed by atoms with Gasteiger partial charge >= 0.3 is 11.9 Å². The fourth-order valence-corrected chi connectivity index (χ4v) is 1.83. The second-order valence-corrected chi connectivity index (χ2v) is 5.98. The fraction of sp³-hybridized carbons (Fsp3) is 0.429. The molecule has 5 nitrogen and oxygen atoms in total. The Morgan fingerprint density at radius 1 is 1.25 bits per heavy atom. The van der Waals surface area contributed by atoms with Crippen LogP contribution in [0.1, 0.15) is 32.3 Å². The Balaban J connectivity index is 3.12. The molecular weight excluding hydrogens is 278 g/mol. The lowest BCUT2D eigenvalue weighted by molar-refractivity contribution is -0.160. The minimum Gasteiger partial charge on any atom is -0.480 e. The summed E-state index contributed by atoms with van der Waals surface area (Å²) in [5.41, 5.74) is 5.41. The van der Waals surface area contributed by atoms with Gasteiger partial charge in [-0.1, -0.05) is 12.1 Å². The molecule has 0 heterocycles. The average molecular weight is 297 g/mol. The van der Waals surface area contributed by atoms with E-state index in [1.54, 1.807) is 45.0 Å². The van der Waals surface area contributed by atoms with E-state index >= 15 is 0 Å². The Kier molecular flexibility index (Phi) is 5.19. The maximum atomic E-state index is 12.2. The molecule has 1 aromatic rings. The first-order chi connectivity index (χ1) is 9.11. The van der Waals surface area contributed by atoms with Crippen molar-refractivity contribution in [2.24, 2.45) is 5.73 Å². The number of hydrogen-bond acceptors (Lipinski definition) is 5. The third kappa shape index (κ3) is 4.54. The van der Waals surface area contributed by atoms with Crippen LogP contribution in [0, 0.1) is 0 Å². The summed E-state index contributed by atoms with van der Waals surface area (Å²) in [6, 6.07) is 5.23. The lowest BCUT2D eigenvalue weighted by Crippen LogP contribution is -2.42. The lowest BCUT2D eigenvalue weighted by Gasteiger charge is -2.26. The van der Waals surface area contributed by atoms with Gasteiger partial charge in [-0.25, -0.2) is 0 Å². The van der Waals surface area contributed by atoms with Gasteiger partial charge < -0.3 is 15.6 Å². The van der Waals surface area contributed by atoms with E-state index in [0.717, 1.165) is 0 Å². The predicted octanol–water partition coefficient (Wildman–Crippen LogP) is 1.81. The third-order valence-corrected chi connectivity index (χ3v) is 2.86. The van der Waals surface area contributed by atoms with Gasteiger partial charge in [0.25, 0.3) is 0 Å². The van der Waals surface area contributed by atoms with Crippen LogP contribution in [0.2, 0.25) is 0 Å². The number of rotatable bonds is 4. The molecule has 0 fully saturated rings. The average Bonchev–Trinajstić information content (AvgIpc) is 2.29. The Morgan fingerprint density at radius 3 is 2.15 bits per heavy atom. The summed E-state index contributed by atoms with van der Waals surface area (Å²) in [5.74, 6) is -2.96. The zero-order valence-corrected chi connectivity index (χ0v) is 12.6. The number of esters is 1. The quantitative estimate of drug-likeness (QED) is 0.582. The molecule has 6 heteroatoms. The molecule has 0 amide bonds. The molecular formula is C14H19NO4S. The Morgan fingerprint density at radius 2 is 1.75 bits per heavy atom. The second-order valence-electron chi connectivity index (χ2n) is 5.47. The van der Waals surface area contributed by atoms with Gasteiger partial charge in [-0.15, -0.1) is 12.6 Å². The highest BCUT2D eigenvalue weighted by Gasteiger charge is 2.35. The Bertz CT molecular complexity index is 493. The van der Waals surface area contributed by atoms with Crippen molar-refractivity contribution in [3.05, 3.63) is 29.8 Å². The minimum atomic E-state index is -1.37. The van der Waals surface area contributed by atoms with Crippen molar-refractivity contribution in [1.82, 2.24) is 0 Å². The summed E-state index contributed by atoms with van der Waals surface area (Å²) in [7, 11) is 0. The summed E-state index contributed by atoms with van der Waals surface area (Å²) in [4.78, 5) is 24.0. The Labute approximate surface area is 123 Å². The highest BCUT2D eigenvalue weighted by Crippen LogP contribution is 2.24. The number of carbonyl (C=O) groups is 2. The fourth-order valence-electron chi connectivity index (χ4n) is 1.68. The second kappa shape index (κ2) is 6.28. The van der Waals surface area contributed by atoms with Crippen molar-refractivity contribution in [2.45, 2.75) is 43.2 Å².